The highest BCUT2D eigenvalue weighted by atomic mass is 16.2. The van der Waals surface area contributed by atoms with Crippen LogP contribution in [0.4, 0.5) is 5.69 Å². The molecule has 2 aromatic rings. The number of hydrogen-bond donors (Lipinski definition) is 3. The largest absolute Gasteiger partial charge is 0.358 e. The highest BCUT2D eigenvalue weighted by Crippen LogP contribution is 2.35. The molecule has 4 rings (SSSR count). The summed E-state index contributed by atoms with van der Waals surface area (Å²) >= 11 is 0. The molecule has 1 fully saturated rings. The van der Waals surface area contributed by atoms with Crippen LogP contribution in [0, 0.1) is 0 Å². The van der Waals surface area contributed by atoms with Crippen molar-refractivity contribution >= 4 is 29.3 Å². The number of rotatable bonds is 5. The number of nitrogens with one attached hydrogen (secondary N) is 3. The molecule has 4 amide bonds. The molecule has 0 bridgehead atoms. The number of amides is 4. The first-order valence-corrected chi connectivity index (χ1v) is 10.7. The number of likely N-dealkylation sites (N-methyl/N-ethyl adjacent to an activating group) is 1. The summed E-state index contributed by atoms with van der Waals surface area (Å²) in [5.41, 5.74) is 2.50. The summed E-state index contributed by atoms with van der Waals surface area (Å²) in [4.78, 5) is 52.1. The van der Waals surface area contributed by atoms with Crippen LogP contribution in [0.2, 0.25) is 0 Å². The first-order chi connectivity index (χ1) is 15.5. The molecule has 3 atom stereocenters. The molecular formula is C24H26N4O4. The van der Waals surface area contributed by atoms with Crippen molar-refractivity contribution < 1.29 is 19.2 Å². The molecule has 0 radical (unpaired) electrons. The van der Waals surface area contributed by atoms with Crippen molar-refractivity contribution in [3.63, 3.8) is 0 Å². The third-order valence-corrected chi connectivity index (χ3v) is 6.07. The van der Waals surface area contributed by atoms with Gasteiger partial charge in [0.25, 0.3) is 5.91 Å². The van der Waals surface area contributed by atoms with Gasteiger partial charge in [-0.25, -0.2) is 0 Å². The summed E-state index contributed by atoms with van der Waals surface area (Å²) in [6.45, 7) is -0.152. The van der Waals surface area contributed by atoms with Crippen LogP contribution in [0.5, 0.6) is 0 Å². The molecule has 8 nitrogen and oxygen atoms in total. The molecule has 8 heteroatoms. The second-order valence-corrected chi connectivity index (χ2v) is 8.09. The first-order valence-electron chi connectivity index (χ1n) is 10.7. The highest BCUT2D eigenvalue weighted by molar-refractivity contribution is 6.05. The van der Waals surface area contributed by atoms with Gasteiger partial charge in [-0.15, -0.1) is 0 Å². The summed E-state index contributed by atoms with van der Waals surface area (Å²) in [5, 5.41) is 8.12. The second-order valence-electron chi connectivity index (χ2n) is 8.09. The Labute approximate surface area is 186 Å². The van der Waals surface area contributed by atoms with Gasteiger partial charge in [-0.3, -0.25) is 19.2 Å². The molecule has 2 aliphatic rings. The Balaban J connectivity index is 1.74. The van der Waals surface area contributed by atoms with E-state index in [2.05, 4.69) is 16.0 Å². The molecule has 2 aromatic carbocycles. The lowest BCUT2D eigenvalue weighted by Crippen LogP contribution is -2.55. The van der Waals surface area contributed by atoms with E-state index in [9.17, 15) is 19.2 Å². The van der Waals surface area contributed by atoms with Gasteiger partial charge in [-0.2, -0.15) is 0 Å². The number of fused-ring (bicyclic) bond motifs is 1. The Morgan fingerprint density at radius 3 is 2.47 bits per heavy atom. The zero-order valence-corrected chi connectivity index (χ0v) is 17.8. The summed E-state index contributed by atoms with van der Waals surface area (Å²) in [5.74, 6) is -1.56. The minimum Gasteiger partial charge on any atom is -0.358 e. The summed E-state index contributed by atoms with van der Waals surface area (Å²) in [7, 11) is 1.52. The average molecular weight is 434 g/mol. The predicted octanol–water partition coefficient (Wildman–Crippen LogP) is 0.869. The Bertz CT molecular complexity index is 1040. The van der Waals surface area contributed by atoms with Crippen LogP contribution in [0.25, 0.3) is 0 Å². The molecule has 0 saturated carbocycles. The monoisotopic (exact) mass is 434 g/mol. The van der Waals surface area contributed by atoms with Crippen LogP contribution >= 0.6 is 0 Å². The van der Waals surface area contributed by atoms with Crippen molar-refractivity contribution in [1.82, 2.24) is 16.0 Å². The molecule has 0 aliphatic carbocycles. The van der Waals surface area contributed by atoms with Crippen molar-refractivity contribution in [3.05, 3.63) is 65.7 Å². The Hall–Kier alpha value is -3.68. The van der Waals surface area contributed by atoms with Crippen LogP contribution in [0.15, 0.2) is 54.6 Å². The number of benzene rings is 2. The van der Waals surface area contributed by atoms with Gasteiger partial charge >= 0.3 is 0 Å². The summed E-state index contributed by atoms with van der Waals surface area (Å²) in [6.07, 6.45) is 1.19. The lowest BCUT2D eigenvalue weighted by molar-refractivity contribution is -0.130. The molecule has 32 heavy (non-hydrogen) atoms. The van der Waals surface area contributed by atoms with Gasteiger partial charge in [-0.1, -0.05) is 48.5 Å². The molecule has 0 aromatic heterocycles. The minimum atomic E-state index is -0.889. The lowest BCUT2D eigenvalue weighted by atomic mass is 9.86. The fraction of sp³-hybridized carbons (Fsp3) is 0.333. The van der Waals surface area contributed by atoms with Crippen molar-refractivity contribution in [2.45, 2.75) is 37.3 Å². The topological polar surface area (TPSA) is 108 Å². The SMILES string of the molecule is CNC(=O)CN1C(=O)[C@@H](NC(=O)[C@@H]2CCC(=O)N2)[C@H](c2ccccc2)Cc2ccccc21. The van der Waals surface area contributed by atoms with Crippen LogP contribution < -0.4 is 20.9 Å². The van der Waals surface area contributed by atoms with E-state index >= 15 is 0 Å². The third-order valence-electron chi connectivity index (χ3n) is 6.07. The normalized spacial score (nSPS) is 22.5. The van der Waals surface area contributed by atoms with E-state index in [0.717, 1.165) is 11.1 Å². The average Bonchev–Trinajstić information content (AvgIpc) is 3.22. The maximum Gasteiger partial charge on any atom is 0.250 e. The van der Waals surface area contributed by atoms with E-state index in [0.29, 0.717) is 18.5 Å². The van der Waals surface area contributed by atoms with Gasteiger partial charge in [0.2, 0.25) is 17.7 Å². The van der Waals surface area contributed by atoms with Crippen LogP contribution in [0.3, 0.4) is 0 Å². The van der Waals surface area contributed by atoms with Crippen molar-refractivity contribution in [3.8, 4) is 0 Å². The zero-order chi connectivity index (χ0) is 22.7. The standard InChI is InChI=1S/C24H26N4O4/c1-25-21(30)14-28-19-10-6-5-9-16(19)13-17(15-7-3-2-4-8-15)22(24(28)32)27-23(31)18-11-12-20(29)26-18/h2-10,17-18,22H,11-14H2,1H3,(H,25,30)(H,26,29)(H,27,31)/t17-,18-,22-/m0/s1. The Morgan fingerprint density at radius 1 is 1.06 bits per heavy atom. The molecule has 3 N–H and O–H groups in total. The molecule has 166 valence electrons. The molecule has 1 saturated heterocycles. The number of para-hydroxylation sites is 1. The number of carbonyl (C=O) groups excluding carboxylic acids is 4. The Morgan fingerprint density at radius 2 is 1.78 bits per heavy atom. The van der Waals surface area contributed by atoms with E-state index in [-0.39, 0.29) is 42.5 Å². The van der Waals surface area contributed by atoms with E-state index in [1.807, 2.05) is 54.6 Å². The number of carbonyl (C=O) groups is 4. The zero-order valence-electron chi connectivity index (χ0n) is 17.8. The molecule has 0 spiro atoms. The van der Waals surface area contributed by atoms with Gasteiger partial charge in [0, 0.05) is 25.1 Å². The highest BCUT2D eigenvalue weighted by Gasteiger charge is 2.40. The van der Waals surface area contributed by atoms with Gasteiger partial charge in [0.15, 0.2) is 0 Å². The van der Waals surface area contributed by atoms with Crippen molar-refractivity contribution in [1.29, 1.82) is 0 Å². The molecule has 2 heterocycles. The van der Waals surface area contributed by atoms with E-state index in [4.69, 9.17) is 0 Å². The van der Waals surface area contributed by atoms with Crippen LogP contribution in [0.1, 0.15) is 29.9 Å². The van der Waals surface area contributed by atoms with Crippen LogP contribution in [-0.2, 0) is 25.6 Å². The maximum atomic E-state index is 13.8. The summed E-state index contributed by atoms with van der Waals surface area (Å²) in [6, 6.07) is 15.5. The van der Waals surface area contributed by atoms with Crippen molar-refractivity contribution in [2.75, 3.05) is 18.5 Å². The number of nitrogens with zero attached hydrogens (tertiary/aromatic N) is 1. The molecule has 0 unspecified atom stereocenters. The quantitative estimate of drug-likeness (QED) is 0.649. The van der Waals surface area contributed by atoms with Gasteiger partial charge in [-0.05, 0) is 30.0 Å². The lowest BCUT2D eigenvalue weighted by Gasteiger charge is -2.29. The predicted molar refractivity (Wildman–Crippen MR) is 119 cm³/mol. The second kappa shape index (κ2) is 9.21. The molecule has 2 aliphatic heterocycles. The minimum absolute atomic E-state index is 0.152. The number of anilines is 1. The maximum absolute atomic E-state index is 13.8. The van der Waals surface area contributed by atoms with Crippen LogP contribution in [-0.4, -0.2) is 49.3 Å². The fourth-order valence-electron chi connectivity index (χ4n) is 4.38. The van der Waals surface area contributed by atoms with Gasteiger partial charge < -0.3 is 20.9 Å². The van der Waals surface area contributed by atoms with Gasteiger partial charge in [0.1, 0.15) is 18.6 Å². The van der Waals surface area contributed by atoms with E-state index in [1.165, 1.54) is 11.9 Å². The van der Waals surface area contributed by atoms with Crippen molar-refractivity contribution in [2.24, 2.45) is 0 Å². The number of hydrogen-bond acceptors (Lipinski definition) is 4. The first kappa shape index (κ1) is 21.5. The fourth-order valence-corrected chi connectivity index (χ4v) is 4.38. The Kier molecular flexibility index (Phi) is 6.20. The van der Waals surface area contributed by atoms with E-state index in [1.54, 1.807) is 0 Å². The summed E-state index contributed by atoms with van der Waals surface area (Å²) < 4.78 is 0. The van der Waals surface area contributed by atoms with Gasteiger partial charge in [0.05, 0.1) is 0 Å². The molecular weight excluding hydrogens is 408 g/mol. The van der Waals surface area contributed by atoms with E-state index < -0.39 is 12.1 Å². The smallest absolute Gasteiger partial charge is 0.250 e. The third kappa shape index (κ3) is 4.34.